The molecule has 0 aliphatic carbocycles. The van der Waals surface area contributed by atoms with Gasteiger partial charge in [0, 0.05) is 31.1 Å². The molecule has 4 rings (SSSR count). The lowest BCUT2D eigenvalue weighted by atomic mass is 10.0. The van der Waals surface area contributed by atoms with Gasteiger partial charge >= 0.3 is 0 Å². The number of likely N-dealkylation sites (tertiary alicyclic amines) is 1. The van der Waals surface area contributed by atoms with E-state index in [1.807, 2.05) is 6.07 Å². The van der Waals surface area contributed by atoms with Crippen molar-refractivity contribution < 1.29 is 23.5 Å². The first-order valence-corrected chi connectivity index (χ1v) is 10.2. The van der Waals surface area contributed by atoms with Crippen molar-refractivity contribution in [2.45, 2.75) is 57.4 Å². The predicted molar refractivity (Wildman–Crippen MR) is 103 cm³/mol. The molecule has 7 nitrogen and oxygen atoms in total. The van der Waals surface area contributed by atoms with Crippen LogP contribution in [0.5, 0.6) is 5.75 Å². The lowest BCUT2D eigenvalue weighted by Crippen LogP contribution is -2.52. The Morgan fingerprint density at radius 3 is 2.83 bits per heavy atom. The first kappa shape index (κ1) is 19.8. The summed E-state index contributed by atoms with van der Waals surface area (Å²) in [5.41, 5.74) is 1.36. The maximum atomic E-state index is 13.8. The van der Waals surface area contributed by atoms with Gasteiger partial charge in [0.2, 0.25) is 11.8 Å². The van der Waals surface area contributed by atoms with Crippen LogP contribution < -0.4 is 10.1 Å². The number of benzene rings is 1. The first-order valence-electron chi connectivity index (χ1n) is 10.2. The number of hydrogen-bond donors (Lipinski definition) is 1. The van der Waals surface area contributed by atoms with Crippen molar-refractivity contribution in [2.24, 2.45) is 0 Å². The van der Waals surface area contributed by atoms with E-state index < -0.39 is 18.1 Å². The maximum Gasteiger partial charge on any atom is 0.255 e. The Morgan fingerprint density at radius 2 is 2.07 bits per heavy atom. The van der Waals surface area contributed by atoms with Crippen molar-refractivity contribution in [1.82, 2.24) is 15.1 Å². The molecule has 0 aromatic heterocycles. The fraction of sp³-hybridized carbons (Fsp3) is 0.571. The standard InChI is InChI=1S/C21H26FN3O4/c1-2-24-8-7-14(22)10-15(24)12-29-16-3-4-17-13(9-16)11-25(21(17)28)18-5-6-19(26)23-20(18)27/h3-4,9,14-15,18H,2,5-8,10-12H2,1H3,(H,23,26,27)/t14-,15-,18?/m0/s1. The van der Waals surface area contributed by atoms with E-state index in [4.69, 9.17) is 4.74 Å². The van der Waals surface area contributed by atoms with Gasteiger partial charge < -0.3 is 9.64 Å². The van der Waals surface area contributed by atoms with Gasteiger partial charge in [0.15, 0.2) is 0 Å². The molecule has 0 radical (unpaired) electrons. The molecule has 0 spiro atoms. The molecule has 3 heterocycles. The van der Waals surface area contributed by atoms with Crippen LogP contribution in [-0.4, -0.2) is 65.5 Å². The lowest BCUT2D eigenvalue weighted by Gasteiger charge is -2.36. The second-order valence-corrected chi connectivity index (χ2v) is 7.93. The van der Waals surface area contributed by atoms with Crippen LogP contribution >= 0.6 is 0 Å². The molecule has 1 unspecified atom stereocenters. The average Bonchev–Trinajstić information content (AvgIpc) is 3.02. The molecule has 2 fully saturated rings. The van der Waals surface area contributed by atoms with Crippen molar-refractivity contribution >= 4 is 17.7 Å². The van der Waals surface area contributed by atoms with Crippen LogP contribution in [0.4, 0.5) is 4.39 Å². The molecule has 8 heteroatoms. The van der Waals surface area contributed by atoms with E-state index in [1.165, 1.54) is 4.90 Å². The zero-order chi connectivity index (χ0) is 20.5. The van der Waals surface area contributed by atoms with Crippen LogP contribution in [0.15, 0.2) is 18.2 Å². The highest BCUT2D eigenvalue weighted by Crippen LogP contribution is 2.30. The van der Waals surface area contributed by atoms with Crippen LogP contribution in [0, 0.1) is 0 Å². The van der Waals surface area contributed by atoms with Crippen molar-refractivity contribution in [3.05, 3.63) is 29.3 Å². The van der Waals surface area contributed by atoms with Gasteiger partial charge in [-0.15, -0.1) is 0 Å². The number of hydrogen-bond acceptors (Lipinski definition) is 5. The van der Waals surface area contributed by atoms with Crippen LogP contribution in [0.2, 0.25) is 0 Å². The number of imide groups is 1. The topological polar surface area (TPSA) is 79.0 Å². The molecule has 1 aromatic rings. The molecule has 1 aromatic carbocycles. The highest BCUT2D eigenvalue weighted by molar-refractivity contribution is 6.05. The largest absolute Gasteiger partial charge is 0.492 e. The second kappa shape index (κ2) is 8.10. The Balaban J connectivity index is 1.42. The van der Waals surface area contributed by atoms with Gasteiger partial charge in [-0.05, 0) is 49.6 Å². The quantitative estimate of drug-likeness (QED) is 0.757. The summed E-state index contributed by atoms with van der Waals surface area (Å²) < 4.78 is 19.7. The summed E-state index contributed by atoms with van der Waals surface area (Å²) in [5, 5.41) is 2.30. The van der Waals surface area contributed by atoms with Gasteiger partial charge in [0.1, 0.15) is 24.6 Å². The molecule has 0 bridgehead atoms. The number of fused-ring (bicyclic) bond motifs is 1. The fourth-order valence-corrected chi connectivity index (χ4v) is 4.47. The van der Waals surface area contributed by atoms with Crippen LogP contribution in [0.3, 0.4) is 0 Å². The third-order valence-corrected chi connectivity index (χ3v) is 6.12. The molecule has 2 saturated heterocycles. The number of nitrogens with zero attached hydrogens (tertiary/aromatic N) is 2. The van der Waals surface area contributed by atoms with Gasteiger partial charge in [-0.25, -0.2) is 4.39 Å². The number of likely N-dealkylation sites (N-methyl/N-ethyl adjacent to an activating group) is 1. The number of ether oxygens (including phenoxy) is 1. The number of nitrogens with one attached hydrogen (secondary N) is 1. The Bertz CT molecular complexity index is 830. The first-order chi connectivity index (χ1) is 14.0. The summed E-state index contributed by atoms with van der Waals surface area (Å²) in [4.78, 5) is 40.0. The number of piperidine rings is 2. The van der Waals surface area contributed by atoms with Gasteiger partial charge in [-0.3, -0.25) is 24.6 Å². The summed E-state index contributed by atoms with van der Waals surface area (Å²) in [6, 6.07) is 4.70. The number of carbonyl (C=O) groups excluding carboxylic acids is 3. The van der Waals surface area contributed by atoms with E-state index in [-0.39, 0.29) is 24.3 Å². The normalized spacial score (nSPS) is 27.7. The molecular formula is C21H26FN3O4. The van der Waals surface area contributed by atoms with Crippen LogP contribution in [0.25, 0.3) is 0 Å². The van der Waals surface area contributed by atoms with Gasteiger partial charge in [0.25, 0.3) is 5.91 Å². The second-order valence-electron chi connectivity index (χ2n) is 7.93. The zero-order valence-electron chi connectivity index (χ0n) is 16.5. The molecule has 3 amide bonds. The highest BCUT2D eigenvalue weighted by atomic mass is 19.1. The molecule has 0 saturated carbocycles. The molecule has 156 valence electrons. The van der Waals surface area contributed by atoms with Gasteiger partial charge in [-0.2, -0.15) is 0 Å². The summed E-state index contributed by atoms with van der Waals surface area (Å²) in [7, 11) is 0. The Morgan fingerprint density at radius 1 is 1.24 bits per heavy atom. The van der Waals surface area contributed by atoms with E-state index in [2.05, 4.69) is 17.1 Å². The predicted octanol–water partition coefficient (Wildman–Crippen LogP) is 1.65. The molecular weight excluding hydrogens is 377 g/mol. The number of alkyl halides is 1. The SMILES string of the molecule is CCN1CC[C@H](F)C[C@H]1COc1ccc2c(c1)CN(C1CCC(=O)NC1=O)C2=O. The van der Waals surface area contributed by atoms with E-state index in [1.54, 1.807) is 12.1 Å². The number of rotatable bonds is 5. The average molecular weight is 403 g/mol. The minimum atomic E-state index is -0.786. The molecule has 3 aliphatic rings. The molecule has 29 heavy (non-hydrogen) atoms. The van der Waals surface area contributed by atoms with Crippen LogP contribution in [0.1, 0.15) is 48.5 Å². The maximum absolute atomic E-state index is 13.8. The van der Waals surface area contributed by atoms with E-state index in [9.17, 15) is 18.8 Å². The Kier molecular flexibility index (Phi) is 5.54. The van der Waals surface area contributed by atoms with Crippen molar-refractivity contribution in [2.75, 3.05) is 19.7 Å². The van der Waals surface area contributed by atoms with Gasteiger partial charge in [0.05, 0.1) is 0 Å². The van der Waals surface area contributed by atoms with Crippen molar-refractivity contribution in [1.29, 1.82) is 0 Å². The summed E-state index contributed by atoms with van der Waals surface area (Å²) >= 11 is 0. The number of amides is 3. The summed E-state index contributed by atoms with van der Waals surface area (Å²) in [6.07, 6.45) is 0.830. The summed E-state index contributed by atoms with van der Waals surface area (Å²) in [5.74, 6) is -0.286. The monoisotopic (exact) mass is 403 g/mol. The number of carbonyl (C=O) groups is 3. The Hall–Kier alpha value is -2.48. The molecule has 1 N–H and O–H groups in total. The van der Waals surface area contributed by atoms with Crippen LogP contribution in [-0.2, 0) is 16.1 Å². The number of halogens is 1. The molecule has 3 atom stereocenters. The van der Waals surface area contributed by atoms with E-state index >= 15 is 0 Å². The van der Waals surface area contributed by atoms with E-state index in [0.29, 0.717) is 43.7 Å². The van der Waals surface area contributed by atoms with Crippen molar-refractivity contribution in [3.63, 3.8) is 0 Å². The smallest absolute Gasteiger partial charge is 0.255 e. The third kappa shape index (κ3) is 3.99. The lowest BCUT2D eigenvalue weighted by molar-refractivity contribution is -0.136. The Labute approximate surface area is 169 Å². The molecule has 3 aliphatic heterocycles. The minimum Gasteiger partial charge on any atom is -0.492 e. The highest BCUT2D eigenvalue weighted by Gasteiger charge is 2.39. The summed E-state index contributed by atoms with van der Waals surface area (Å²) in [6.45, 7) is 4.38. The zero-order valence-corrected chi connectivity index (χ0v) is 16.5. The fourth-order valence-electron chi connectivity index (χ4n) is 4.47. The minimum absolute atomic E-state index is 0.0404. The van der Waals surface area contributed by atoms with Crippen molar-refractivity contribution in [3.8, 4) is 5.75 Å². The van der Waals surface area contributed by atoms with Gasteiger partial charge in [-0.1, -0.05) is 6.92 Å². The third-order valence-electron chi connectivity index (χ3n) is 6.12. The van der Waals surface area contributed by atoms with E-state index in [0.717, 1.165) is 18.7 Å².